The van der Waals surface area contributed by atoms with Crippen LogP contribution in [0.5, 0.6) is 0 Å². The second-order valence-corrected chi connectivity index (χ2v) is 6.90. The molecule has 8 heteroatoms. The topological polar surface area (TPSA) is 61.3 Å². The third kappa shape index (κ3) is 7.40. The van der Waals surface area contributed by atoms with E-state index < -0.39 is 24.9 Å². The maximum atomic E-state index is 13.0. The van der Waals surface area contributed by atoms with Gasteiger partial charge in [0.05, 0.1) is 12.2 Å². The molecule has 1 aromatic carbocycles. The number of aryl methyl sites for hydroxylation is 1. The van der Waals surface area contributed by atoms with Crippen LogP contribution >= 0.6 is 0 Å². The molecular formula is C22H27F3N2O3. The van der Waals surface area contributed by atoms with Gasteiger partial charge in [-0.25, -0.2) is 14.8 Å². The molecule has 0 saturated heterocycles. The van der Waals surface area contributed by atoms with Crippen LogP contribution in [0.1, 0.15) is 55.5 Å². The molecule has 0 aliphatic carbocycles. The predicted octanol–water partition coefficient (Wildman–Crippen LogP) is 5.39. The number of ether oxygens (including phenoxy) is 2. The van der Waals surface area contributed by atoms with Crippen LogP contribution in [0.2, 0.25) is 0 Å². The molecule has 0 saturated carbocycles. The van der Waals surface area contributed by atoms with Crippen molar-refractivity contribution in [1.82, 2.24) is 9.97 Å². The van der Waals surface area contributed by atoms with Gasteiger partial charge in [-0.2, -0.15) is 13.2 Å². The van der Waals surface area contributed by atoms with E-state index in [1.165, 1.54) is 31.4 Å². The Morgan fingerprint density at radius 1 is 1.03 bits per heavy atom. The summed E-state index contributed by atoms with van der Waals surface area (Å²) in [6, 6.07) is 5.96. The fraction of sp³-hybridized carbons (Fsp3) is 0.500. The first-order valence-electron chi connectivity index (χ1n) is 10.1. The zero-order valence-electron chi connectivity index (χ0n) is 17.2. The largest absolute Gasteiger partial charge is 0.447 e. The summed E-state index contributed by atoms with van der Waals surface area (Å²) in [4.78, 5) is 20.8. The normalized spacial score (nSPS) is 12.6. The molecule has 1 aromatic heterocycles. The predicted molar refractivity (Wildman–Crippen MR) is 107 cm³/mol. The van der Waals surface area contributed by atoms with E-state index in [4.69, 9.17) is 4.74 Å². The minimum atomic E-state index is -4.70. The van der Waals surface area contributed by atoms with E-state index in [0.717, 1.165) is 18.4 Å². The zero-order valence-corrected chi connectivity index (χ0v) is 17.2. The van der Waals surface area contributed by atoms with Crippen LogP contribution in [0, 0.1) is 0 Å². The highest BCUT2D eigenvalue weighted by Crippen LogP contribution is 2.25. The van der Waals surface area contributed by atoms with Crippen molar-refractivity contribution in [1.29, 1.82) is 0 Å². The van der Waals surface area contributed by atoms with E-state index in [1.54, 1.807) is 31.5 Å². The molecule has 164 valence electrons. The second kappa shape index (κ2) is 11.6. The number of aromatic nitrogens is 2. The number of alkyl halides is 3. The minimum Gasteiger partial charge on any atom is -0.447 e. The number of carbonyl (C=O) groups excluding carboxylic acids is 1. The molecule has 0 radical (unpaired) electrons. The number of hydrogen-bond acceptors (Lipinski definition) is 5. The van der Waals surface area contributed by atoms with E-state index >= 15 is 0 Å². The number of esters is 1. The maximum Gasteiger partial charge on any atom is 0.427 e. The number of carbonyl (C=O) groups is 1. The SMILES string of the molecule is CCCCCCc1cnc(-c2ccc(C(=O)OC(COCC)C(F)(F)F)cc2)nc1. The third-order valence-corrected chi connectivity index (χ3v) is 4.49. The first-order chi connectivity index (χ1) is 14.3. The summed E-state index contributed by atoms with van der Waals surface area (Å²) < 4.78 is 48.3. The second-order valence-electron chi connectivity index (χ2n) is 6.90. The summed E-state index contributed by atoms with van der Waals surface area (Å²) in [5.74, 6) is -0.580. The molecular weight excluding hydrogens is 397 g/mol. The molecule has 2 aromatic rings. The van der Waals surface area contributed by atoms with Crippen LogP contribution in [0.25, 0.3) is 11.4 Å². The Kier molecular flexibility index (Phi) is 9.23. The van der Waals surface area contributed by atoms with E-state index in [2.05, 4.69) is 21.6 Å². The van der Waals surface area contributed by atoms with Crippen LogP contribution < -0.4 is 0 Å². The summed E-state index contributed by atoms with van der Waals surface area (Å²) in [6.45, 7) is 3.09. The zero-order chi connectivity index (χ0) is 22.0. The lowest BCUT2D eigenvalue weighted by atomic mass is 10.1. The summed E-state index contributed by atoms with van der Waals surface area (Å²) in [5.41, 5.74) is 1.73. The first kappa shape index (κ1) is 23.8. The molecule has 0 N–H and O–H groups in total. The summed E-state index contributed by atoms with van der Waals surface area (Å²) in [6.07, 6.45) is 2.13. The lowest BCUT2D eigenvalue weighted by molar-refractivity contribution is -0.217. The van der Waals surface area contributed by atoms with E-state index in [1.807, 2.05) is 0 Å². The van der Waals surface area contributed by atoms with Crippen LogP contribution in [0.15, 0.2) is 36.7 Å². The van der Waals surface area contributed by atoms with E-state index in [0.29, 0.717) is 11.4 Å². The Bertz CT molecular complexity index is 778. The Morgan fingerprint density at radius 2 is 1.70 bits per heavy atom. The molecule has 2 rings (SSSR count). The fourth-order valence-corrected chi connectivity index (χ4v) is 2.76. The van der Waals surface area contributed by atoms with Crippen LogP contribution in [-0.4, -0.2) is 41.4 Å². The number of halogens is 3. The lowest BCUT2D eigenvalue weighted by Gasteiger charge is -2.20. The van der Waals surface area contributed by atoms with Crippen molar-refractivity contribution < 1.29 is 27.4 Å². The molecule has 0 amide bonds. The smallest absolute Gasteiger partial charge is 0.427 e. The van der Waals surface area contributed by atoms with Gasteiger partial charge in [0, 0.05) is 24.6 Å². The van der Waals surface area contributed by atoms with E-state index in [-0.39, 0.29) is 12.2 Å². The number of rotatable bonds is 11. The Hall–Kier alpha value is -2.48. The average molecular weight is 424 g/mol. The summed E-state index contributed by atoms with van der Waals surface area (Å²) >= 11 is 0. The molecule has 0 spiro atoms. The van der Waals surface area contributed by atoms with Crippen molar-refractivity contribution in [2.45, 2.75) is 58.2 Å². The van der Waals surface area contributed by atoms with Gasteiger partial charge in [0.2, 0.25) is 6.10 Å². The van der Waals surface area contributed by atoms with Gasteiger partial charge < -0.3 is 9.47 Å². The molecule has 1 unspecified atom stereocenters. The van der Waals surface area contributed by atoms with Gasteiger partial charge in [-0.05, 0) is 37.5 Å². The van der Waals surface area contributed by atoms with Crippen LogP contribution in [-0.2, 0) is 15.9 Å². The van der Waals surface area contributed by atoms with Gasteiger partial charge in [-0.3, -0.25) is 0 Å². The van der Waals surface area contributed by atoms with Crippen molar-refractivity contribution in [3.63, 3.8) is 0 Å². The average Bonchev–Trinajstić information content (AvgIpc) is 2.74. The molecule has 0 fully saturated rings. The van der Waals surface area contributed by atoms with Crippen LogP contribution in [0.3, 0.4) is 0 Å². The van der Waals surface area contributed by atoms with Crippen molar-refractivity contribution >= 4 is 5.97 Å². The van der Waals surface area contributed by atoms with Crippen molar-refractivity contribution in [3.05, 3.63) is 47.8 Å². The van der Waals surface area contributed by atoms with Gasteiger partial charge in [-0.1, -0.05) is 38.3 Å². The number of unbranched alkanes of at least 4 members (excludes halogenated alkanes) is 3. The number of nitrogens with zero attached hydrogens (tertiary/aromatic N) is 2. The molecule has 1 atom stereocenters. The summed E-state index contributed by atoms with van der Waals surface area (Å²) in [7, 11) is 0. The number of hydrogen-bond donors (Lipinski definition) is 0. The monoisotopic (exact) mass is 424 g/mol. The van der Waals surface area contributed by atoms with E-state index in [9.17, 15) is 18.0 Å². The maximum absolute atomic E-state index is 13.0. The van der Waals surface area contributed by atoms with Gasteiger partial charge in [0.25, 0.3) is 0 Å². The number of benzene rings is 1. The van der Waals surface area contributed by atoms with Crippen molar-refractivity contribution in [2.24, 2.45) is 0 Å². The van der Waals surface area contributed by atoms with Crippen molar-refractivity contribution in [2.75, 3.05) is 13.2 Å². The lowest BCUT2D eigenvalue weighted by Crippen LogP contribution is -2.37. The Labute approximate surface area is 174 Å². The Morgan fingerprint density at radius 3 is 2.27 bits per heavy atom. The summed E-state index contributed by atoms with van der Waals surface area (Å²) in [5, 5.41) is 0. The molecule has 5 nitrogen and oxygen atoms in total. The van der Waals surface area contributed by atoms with Gasteiger partial charge >= 0.3 is 12.1 Å². The first-order valence-corrected chi connectivity index (χ1v) is 10.1. The highest BCUT2D eigenvalue weighted by molar-refractivity contribution is 5.90. The highest BCUT2D eigenvalue weighted by Gasteiger charge is 2.43. The molecule has 0 aliphatic heterocycles. The third-order valence-electron chi connectivity index (χ3n) is 4.49. The van der Waals surface area contributed by atoms with Gasteiger partial charge in [0.15, 0.2) is 5.82 Å². The quantitative estimate of drug-likeness (QED) is 0.357. The standard InChI is InChI=1S/C22H27F3N2O3/c1-3-5-6-7-8-16-13-26-20(27-14-16)17-9-11-18(12-10-17)21(28)30-19(15-29-4-2)22(23,24)25/h9-14,19H,3-8,15H2,1-2H3. The highest BCUT2D eigenvalue weighted by atomic mass is 19.4. The molecule has 0 aliphatic rings. The molecule has 0 bridgehead atoms. The molecule has 1 heterocycles. The van der Waals surface area contributed by atoms with Gasteiger partial charge in [-0.15, -0.1) is 0 Å². The van der Waals surface area contributed by atoms with Crippen LogP contribution in [0.4, 0.5) is 13.2 Å². The van der Waals surface area contributed by atoms with Crippen molar-refractivity contribution in [3.8, 4) is 11.4 Å². The molecule has 30 heavy (non-hydrogen) atoms. The Balaban J connectivity index is 1.99. The fourth-order valence-electron chi connectivity index (χ4n) is 2.76. The minimum absolute atomic E-state index is 0.0112. The van der Waals surface area contributed by atoms with Gasteiger partial charge in [0.1, 0.15) is 0 Å².